The number of benzene rings is 2. The van der Waals surface area contributed by atoms with Crippen molar-refractivity contribution < 1.29 is 19.0 Å². The topological polar surface area (TPSA) is 63.3 Å². The fourth-order valence-corrected chi connectivity index (χ4v) is 3.43. The van der Waals surface area contributed by atoms with E-state index in [1.165, 1.54) is 0 Å². The van der Waals surface area contributed by atoms with Crippen molar-refractivity contribution in [2.24, 2.45) is 0 Å². The molecule has 0 bridgehead atoms. The van der Waals surface area contributed by atoms with E-state index in [1.807, 2.05) is 61.3 Å². The van der Waals surface area contributed by atoms with Crippen molar-refractivity contribution in [3.63, 3.8) is 0 Å². The maximum atomic E-state index is 12.7. The highest BCUT2D eigenvalue weighted by atomic mass is 16.5. The summed E-state index contributed by atoms with van der Waals surface area (Å²) in [6.45, 7) is 5.81. The summed E-state index contributed by atoms with van der Waals surface area (Å²) < 4.78 is 16.0. The highest BCUT2D eigenvalue weighted by Crippen LogP contribution is 2.28. The van der Waals surface area contributed by atoms with Crippen molar-refractivity contribution in [2.45, 2.75) is 19.5 Å². The third kappa shape index (κ3) is 5.43. The molecule has 0 radical (unpaired) electrons. The highest BCUT2D eigenvalue weighted by molar-refractivity contribution is 5.94. The molecule has 1 saturated heterocycles. The van der Waals surface area contributed by atoms with Crippen LogP contribution >= 0.6 is 0 Å². The van der Waals surface area contributed by atoms with Gasteiger partial charge in [-0.05, 0) is 55.9 Å². The van der Waals surface area contributed by atoms with Crippen LogP contribution in [0.5, 0.6) is 11.5 Å². The molecule has 7 nitrogen and oxygen atoms in total. The van der Waals surface area contributed by atoms with E-state index in [0.717, 1.165) is 43.2 Å². The molecule has 1 aliphatic rings. The molecule has 0 aliphatic carbocycles. The Labute approximate surface area is 178 Å². The average molecular weight is 414 g/mol. The first-order valence-corrected chi connectivity index (χ1v) is 10.2. The number of ether oxygens (including phenoxy) is 3. The molecule has 0 aromatic heterocycles. The SMILES string of the molecule is COc1ccc(CN(C)[C@H](C)C(=O)Nc2ccc(N3CCOCC3)cc2)cc1OC. The Balaban J connectivity index is 1.57. The summed E-state index contributed by atoms with van der Waals surface area (Å²) in [6, 6.07) is 13.5. The molecule has 1 N–H and O–H groups in total. The van der Waals surface area contributed by atoms with Crippen molar-refractivity contribution >= 4 is 17.3 Å². The molecule has 1 atom stereocenters. The molecule has 1 amide bonds. The quantitative estimate of drug-likeness (QED) is 0.718. The van der Waals surface area contributed by atoms with Gasteiger partial charge in [0.1, 0.15) is 0 Å². The van der Waals surface area contributed by atoms with Gasteiger partial charge >= 0.3 is 0 Å². The number of carbonyl (C=O) groups is 1. The summed E-state index contributed by atoms with van der Waals surface area (Å²) in [5, 5.41) is 3.01. The van der Waals surface area contributed by atoms with E-state index in [0.29, 0.717) is 18.0 Å². The lowest BCUT2D eigenvalue weighted by atomic mass is 10.1. The number of morpholine rings is 1. The van der Waals surface area contributed by atoms with Crippen LogP contribution in [0.15, 0.2) is 42.5 Å². The summed E-state index contributed by atoms with van der Waals surface area (Å²) in [6.07, 6.45) is 0. The van der Waals surface area contributed by atoms with Crippen LogP contribution in [-0.2, 0) is 16.1 Å². The van der Waals surface area contributed by atoms with Gasteiger partial charge in [-0.15, -0.1) is 0 Å². The van der Waals surface area contributed by atoms with E-state index in [-0.39, 0.29) is 11.9 Å². The first-order valence-electron chi connectivity index (χ1n) is 10.2. The molecule has 30 heavy (non-hydrogen) atoms. The Morgan fingerprint density at radius 2 is 1.77 bits per heavy atom. The Kier molecular flexibility index (Phi) is 7.54. The van der Waals surface area contributed by atoms with Crippen LogP contribution in [0.4, 0.5) is 11.4 Å². The monoisotopic (exact) mass is 413 g/mol. The number of hydrogen-bond donors (Lipinski definition) is 1. The molecular formula is C23H31N3O4. The lowest BCUT2D eigenvalue weighted by molar-refractivity contribution is -0.120. The highest BCUT2D eigenvalue weighted by Gasteiger charge is 2.19. The van der Waals surface area contributed by atoms with Gasteiger partial charge in [-0.1, -0.05) is 6.07 Å². The summed E-state index contributed by atoms with van der Waals surface area (Å²) in [5.41, 5.74) is 2.99. The Morgan fingerprint density at radius 1 is 1.10 bits per heavy atom. The van der Waals surface area contributed by atoms with Gasteiger partial charge in [0.05, 0.1) is 33.5 Å². The fourth-order valence-electron chi connectivity index (χ4n) is 3.43. The zero-order chi connectivity index (χ0) is 21.5. The summed E-state index contributed by atoms with van der Waals surface area (Å²) in [4.78, 5) is 17.0. The zero-order valence-electron chi connectivity index (χ0n) is 18.2. The third-order valence-electron chi connectivity index (χ3n) is 5.43. The number of methoxy groups -OCH3 is 2. The minimum atomic E-state index is -0.294. The lowest BCUT2D eigenvalue weighted by Crippen LogP contribution is -2.39. The van der Waals surface area contributed by atoms with Crippen LogP contribution in [0.2, 0.25) is 0 Å². The Hall–Kier alpha value is -2.77. The average Bonchev–Trinajstić information content (AvgIpc) is 2.79. The number of nitrogens with zero attached hydrogens (tertiary/aromatic N) is 2. The van der Waals surface area contributed by atoms with Gasteiger partial charge in [-0.3, -0.25) is 9.69 Å². The molecule has 0 unspecified atom stereocenters. The standard InChI is InChI=1S/C23H31N3O4/c1-17(25(2)16-18-5-10-21(28-3)22(15-18)29-4)23(27)24-19-6-8-20(9-7-19)26-11-13-30-14-12-26/h5-10,15,17H,11-14,16H2,1-4H3,(H,24,27)/t17-/m1/s1. The number of amides is 1. The van der Waals surface area contributed by atoms with Crippen LogP contribution in [0.25, 0.3) is 0 Å². The van der Waals surface area contributed by atoms with E-state index in [2.05, 4.69) is 10.2 Å². The van der Waals surface area contributed by atoms with Gasteiger partial charge in [0, 0.05) is 31.0 Å². The van der Waals surface area contributed by atoms with E-state index in [9.17, 15) is 4.79 Å². The van der Waals surface area contributed by atoms with Gasteiger partial charge in [-0.2, -0.15) is 0 Å². The number of rotatable bonds is 8. The minimum absolute atomic E-state index is 0.0444. The zero-order valence-corrected chi connectivity index (χ0v) is 18.2. The second kappa shape index (κ2) is 10.3. The number of hydrogen-bond acceptors (Lipinski definition) is 6. The molecule has 1 fully saturated rings. The van der Waals surface area contributed by atoms with Crippen molar-refractivity contribution in [1.29, 1.82) is 0 Å². The summed E-state index contributed by atoms with van der Waals surface area (Å²) >= 11 is 0. The van der Waals surface area contributed by atoms with E-state index in [1.54, 1.807) is 14.2 Å². The second-order valence-electron chi connectivity index (χ2n) is 7.42. The molecule has 3 rings (SSSR count). The van der Waals surface area contributed by atoms with Crippen LogP contribution in [0.3, 0.4) is 0 Å². The first-order chi connectivity index (χ1) is 14.5. The lowest BCUT2D eigenvalue weighted by Gasteiger charge is -2.29. The van der Waals surface area contributed by atoms with Gasteiger partial charge in [0.25, 0.3) is 0 Å². The normalized spacial score (nSPS) is 15.0. The third-order valence-corrected chi connectivity index (χ3v) is 5.43. The van der Waals surface area contributed by atoms with Crippen molar-refractivity contribution in [3.05, 3.63) is 48.0 Å². The second-order valence-corrected chi connectivity index (χ2v) is 7.42. The van der Waals surface area contributed by atoms with Crippen LogP contribution in [0.1, 0.15) is 12.5 Å². The number of nitrogens with one attached hydrogen (secondary N) is 1. The number of likely N-dealkylation sites (N-methyl/N-ethyl adjacent to an activating group) is 1. The number of anilines is 2. The predicted octanol–water partition coefficient (Wildman–Crippen LogP) is 3.00. The largest absolute Gasteiger partial charge is 0.493 e. The Morgan fingerprint density at radius 3 is 2.40 bits per heavy atom. The summed E-state index contributed by atoms with van der Waals surface area (Å²) in [5.74, 6) is 1.33. The molecule has 2 aromatic carbocycles. The molecule has 7 heteroatoms. The summed E-state index contributed by atoms with van der Waals surface area (Å²) in [7, 11) is 5.16. The number of carbonyl (C=O) groups excluding carboxylic acids is 1. The van der Waals surface area contributed by atoms with Crippen LogP contribution < -0.4 is 19.7 Å². The first kappa shape index (κ1) is 21.9. The molecular weight excluding hydrogens is 382 g/mol. The maximum Gasteiger partial charge on any atom is 0.241 e. The Bertz CT molecular complexity index is 835. The minimum Gasteiger partial charge on any atom is -0.493 e. The molecule has 1 aliphatic heterocycles. The van der Waals surface area contributed by atoms with Gasteiger partial charge < -0.3 is 24.4 Å². The van der Waals surface area contributed by atoms with Gasteiger partial charge in [0.2, 0.25) is 5.91 Å². The van der Waals surface area contributed by atoms with Crippen molar-refractivity contribution in [2.75, 3.05) is 57.8 Å². The van der Waals surface area contributed by atoms with Gasteiger partial charge in [-0.25, -0.2) is 0 Å². The molecule has 0 spiro atoms. The van der Waals surface area contributed by atoms with Crippen LogP contribution in [0, 0.1) is 0 Å². The van der Waals surface area contributed by atoms with Crippen molar-refractivity contribution in [3.8, 4) is 11.5 Å². The van der Waals surface area contributed by atoms with Crippen LogP contribution in [-0.4, -0.2) is 64.4 Å². The predicted molar refractivity (Wildman–Crippen MR) is 119 cm³/mol. The molecule has 0 saturated carbocycles. The molecule has 1 heterocycles. The van der Waals surface area contributed by atoms with E-state index < -0.39 is 0 Å². The molecule has 162 valence electrons. The fraction of sp³-hybridized carbons (Fsp3) is 0.435. The smallest absolute Gasteiger partial charge is 0.241 e. The van der Waals surface area contributed by atoms with E-state index in [4.69, 9.17) is 14.2 Å². The maximum absolute atomic E-state index is 12.7. The van der Waals surface area contributed by atoms with E-state index >= 15 is 0 Å². The van der Waals surface area contributed by atoms with Crippen molar-refractivity contribution in [1.82, 2.24) is 4.90 Å². The molecule has 2 aromatic rings. The van der Waals surface area contributed by atoms with Gasteiger partial charge in [0.15, 0.2) is 11.5 Å².